The van der Waals surface area contributed by atoms with Gasteiger partial charge in [-0.05, 0) is 42.2 Å². The fraction of sp³-hybridized carbons (Fsp3) is 0.160. The van der Waals surface area contributed by atoms with Crippen molar-refractivity contribution in [3.63, 3.8) is 0 Å². The maximum absolute atomic E-state index is 12.5. The lowest BCUT2D eigenvalue weighted by Gasteiger charge is -2.15. The summed E-state index contributed by atoms with van der Waals surface area (Å²) < 4.78 is 1.92. The predicted molar refractivity (Wildman–Crippen MR) is 125 cm³/mol. The van der Waals surface area contributed by atoms with E-state index >= 15 is 0 Å². The highest BCUT2D eigenvalue weighted by Crippen LogP contribution is 2.23. The Morgan fingerprint density at radius 1 is 0.968 bits per heavy atom. The maximum atomic E-state index is 12.5. The monoisotopic (exact) mass is 428 g/mol. The lowest BCUT2D eigenvalue weighted by atomic mass is 10.0. The van der Waals surface area contributed by atoms with Crippen molar-refractivity contribution in [3.8, 4) is 16.8 Å². The van der Waals surface area contributed by atoms with E-state index in [1.807, 2.05) is 60.9 Å². The third-order valence-corrected chi connectivity index (χ3v) is 6.06. The molecule has 4 rings (SSSR count). The van der Waals surface area contributed by atoms with Crippen LogP contribution in [0.1, 0.15) is 24.1 Å². The number of carbonyl (C=O) groups excluding carboxylic acids is 1. The molecule has 156 valence electrons. The molecule has 31 heavy (non-hydrogen) atoms. The van der Waals surface area contributed by atoms with Crippen molar-refractivity contribution in [3.05, 3.63) is 96.3 Å². The maximum Gasteiger partial charge on any atom is 0.230 e. The van der Waals surface area contributed by atoms with Gasteiger partial charge in [-0.15, -0.1) is 10.2 Å². The molecule has 1 atom stereocenters. The fourth-order valence-electron chi connectivity index (χ4n) is 3.41. The predicted octanol–water partition coefficient (Wildman–Crippen LogP) is 5.21. The normalized spacial score (nSPS) is 11.8. The molecule has 0 spiro atoms. The smallest absolute Gasteiger partial charge is 0.230 e. The number of nitrogens with zero attached hydrogens (tertiary/aromatic N) is 3. The number of rotatable bonds is 7. The van der Waals surface area contributed by atoms with Gasteiger partial charge < -0.3 is 5.32 Å². The zero-order valence-corrected chi connectivity index (χ0v) is 18.3. The van der Waals surface area contributed by atoms with E-state index in [1.54, 1.807) is 6.33 Å². The van der Waals surface area contributed by atoms with Crippen LogP contribution in [-0.4, -0.2) is 26.4 Å². The summed E-state index contributed by atoms with van der Waals surface area (Å²) in [6.45, 7) is 4.04. The Balaban J connectivity index is 1.36. The minimum Gasteiger partial charge on any atom is -0.349 e. The van der Waals surface area contributed by atoms with E-state index in [4.69, 9.17) is 0 Å². The van der Waals surface area contributed by atoms with Gasteiger partial charge in [-0.3, -0.25) is 9.36 Å². The van der Waals surface area contributed by atoms with Gasteiger partial charge in [-0.25, -0.2) is 0 Å². The van der Waals surface area contributed by atoms with E-state index in [0.717, 1.165) is 22.4 Å². The van der Waals surface area contributed by atoms with Gasteiger partial charge in [0.1, 0.15) is 6.33 Å². The van der Waals surface area contributed by atoms with E-state index < -0.39 is 0 Å². The van der Waals surface area contributed by atoms with Crippen LogP contribution >= 0.6 is 11.8 Å². The van der Waals surface area contributed by atoms with Crippen LogP contribution in [0.25, 0.3) is 16.8 Å². The van der Waals surface area contributed by atoms with Gasteiger partial charge in [0.05, 0.1) is 17.5 Å². The molecule has 6 heteroatoms. The molecule has 0 fully saturated rings. The lowest BCUT2D eigenvalue weighted by Crippen LogP contribution is -2.28. The molecule has 1 heterocycles. The van der Waals surface area contributed by atoms with Crippen LogP contribution in [0.3, 0.4) is 0 Å². The molecule has 0 saturated carbocycles. The minimum absolute atomic E-state index is 0.0380. The Morgan fingerprint density at radius 3 is 2.39 bits per heavy atom. The van der Waals surface area contributed by atoms with Gasteiger partial charge in [0, 0.05) is 0 Å². The Hall–Kier alpha value is -3.38. The van der Waals surface area contributed by atoms with Crippen LogP contribution in [0.4, 0.5) is 0 Å². The summed E-state index contributed by atoms with van der Waals surface area (Å²) in [4.78, 5) is 12.5. The molecule has 0 unspecified atom stereocenters. The molecule has 0 radical (unpaired) electrons. The van der Waals surface area contributed by atoms with E-state index in [1.165, 1.54) is 17.3 Å². The summed E-state index contributed by atoms with van der Waals surface area (Å²) in [7, 11) is 0. The number of nitrogens with one attached hydrogen (secondary N) is 1. The van der Waals surface area contributed by atoms with Crippen LogP contribution < -0.4 is 5.32 Å². The van der Waals surface area contributed by atoms with E-state index in [-0.39, 0.29) is 17.7 Å². The molecule has 3 aromatic carbocycles. The average Bonchev–Trinajstić information content (AvgIpc) is 3.27. The molecule has 0 bridgehead atoms. The zero-order valence-electron chi connectivity index (χ0n) is 17.5. The van der Waals surface area contributed by atoms with E-state index in [2.05, 4.69) is 51.9 Å². The van der Waals surface area contributed by atoms with Crippen LogP contribution in [0.2, 0.25) is 0 Å². The van der Waals surface area contributed by atoms with Crippen molar-refractivity contribution < 1.29 is 4.79 Å². The molecule has 0 aliphatic rings. The van der Waals surface area contributed by atoms with Gasteiger partial charge in [-0.2, -0.15) is 0 Å². The second-order valence-corrected chi connectivity index (χ2v) is 8.28. The number of amides is 1. The Bertz CT molecular complexity index is 1160. The lowest BCUT2D eigenvalue weighted by molar-refractivity contribution is -0.119. The van der Waals surface area contributed by atoms with Crippen LogP contribution in [0, 0.1) is 6.92 Å². The first kappa shape index (κ1) is 20.9. The van der Waals surface area contributed by atoms with Gasteiger partial charge in [-0.1, -0.05) is 84.6 Å². The third-order valence-electron chi connectivity index (χ3n) is 5.12. The Morgan fingerprint density at radius 2 is 1.65 bits per heavy atom. The third kappa shape index (κ3) is 5.03. The van der Waals surface area contributed by atoms with Crippen LogP contribution in [0.5, 0.6) is 0 Å². The number of thioether (sulfide) groups is 1. The molecule has 5 nitrogen and oxygen atoms in total. The highest BCUT2D eigenvalue weighted by molar-refractivity contribution is 7.99. The Kier molecular flexibility index (Phi) is 6.48. The van der Waals surface area contributed by atoms with Gasteiger partial charge in [0.2, 0.25) is 5.91 Å². The van der Waals surface area contributed by atoms with Gasteiger partial charge in [0.25, 0.3) is 0 Å². The number of carbonyl (C=O) groups is 1. The number of aryl methyl sites for hydroxylation is 1. The zero-order chi connectivity index (χ0) is 21.6. The molecule has 1 aromatic heterocycles. The number of hydrogen-bond acceptors (Lipinski definition) is 4. The van der Waals surface area contributed by atoms with Crippen molar-refractivity contribution in [2.75, 3.05) is 5.75 Å². The van der Waals surface area contributed by atoms with Crippen LogP contribution in [-0.2, 0) is 4.79 Å². The molecule has 1 N–H and O–H groups in total. The average molecular weight is 429 g/mol. The van der Waals surface area contributed by atoms with Crippen LogP contribution in [0.15, 0.2) is 90.3 Å². The minimum atomic E-state index is -0.0767. The molecule has 0 aliphatic heterocycles. The summed E-state index contributed by atoms with van der Waals surface area (Å²) in [5, 5.41) is 12.0. The first-order chi connectivity index (χ1) is 15.1. The Labute approximate surface area is 186 Å². The first-order valence-electron chi connectivity index (χ1n) is 10.2. The van der Waals surface area contributed by atoms with E-state index in [9.17, 15) is 4.79 Å². The molecular formula is C25H24N4OS. The van der Waals surface area contributed by atoms with Crippen molar-refractivity contribution in [1.29, 1.82) is 0 Å². The largest absolute Gasteiger partial charge is 0.349 e. The molecular weight excluding hydrogens is 404 g/mol. The highest BCUT2D eigenvalue weighted by atomic mass is 32.2. The standard InChI is InChI=1S/C25H24N4OS/c1-18-8-6-7-11-23(18)29-17-26-28-25(29)31-16-24(30)27-19(2)20-12-14-22(15-13-20)21-9-4-3-5-10-21/h3-15,17,19H,16H2,1-2H3,(H,27,30)/t19-/m0/s1. The van der Waals surface area contributed by atoms with Crippen molar-refractivity contribution in [2.45, 2.75) is 25.0 Å². The molecule has 1 amide bonds. The molecule has 0 aliphatic carbocycles. The molecule has 0 saturated heterocycles. The van der Waals surface area contributed by atoms with Crippen molar-refractivity contribution >= 4 is 17.7 Å². The second kappa shape index (κ2) is 9.62. The molecule has 4 aromatic rings. The summed E-state index contributed by atoms with van der Waals surface area (Å²) in [5.41, 5.74) is 5.55. The van der Waals surface area contributed by atoms with Crippen molar-refractivity contribution in [2.24, 2.45) is 0 Å². The summed E-state index contributed by atoms with van der Waals surface area (Å²) >= 11 is 1.38. The first-order valence-corrected chi connectivity index (χ1v) is 11.1. The number of para-hydroxylation sites is 1. The van der Waals surface area contributed by atoms with E-state index in [0.29, 0.717) is 5.16 Å². The van der Waals surface area contributed by atoms with Gasteiger partial charge >= 0.3 is 0 Å². The number of benzene rings is 3. The fourth-order valence-corrected chi connectivity index (χ4v) is 4.15. The summed E-state index contributed by atoms with van der Waals surface area (Å²) in [6, 6.07) is 26.5. The van der Waals surface area contributed by atoms with Crippen molar-refractivity contribution in [1.82, 2.24) is 20.1 Å². The number of aromatic nitrogens is 3. The topological polar surface area (TPSA) is 59.8 Å². The number of hydrogen-bond donors (Lipinski definition) is 1. The summed E-state index contributed by atoms with van der Waals surface area (Å²) in [6.07, 6.45) is 1.68. The quantitative estimate of drug-likeness (QED) is 0.411. The SMILES string of the molecule is Cc1ccccc1-n1cnnc1SCC(=O)N[C@@H](C)c1ccc(-c2ccccc2)cc1. The highest BCUT2D eigenvalue weighted by Gasteiger charge is 2.14. The summed E-state index contributed by atoms with van der Waals surface area (Å²) in [5.74, 6) is 0.237. The second-order valence-electron chi connectivity index (χ2n) is 7.34. The van der Waals surface area contributed by atoms with Gasteiger partial charge in [0.15, 0.2) is 5.16 Å².